The maximum Gasteiger partial charge on any atom is 0.315 e. The van der Waals surface area contributed by atoms with Crippen molar-refractivity contribution in [1.82, 2.24) is 15.5 Å². The normalized spacial score (nSPS) is 30.5. The monoisotopic (exact) mass is 328 g/mol. The van der Waals surface area contributed by atoms with Gasteiger partial charge in [0.1, 0.15) is 0 Å². The van der Waals surface area contributed by atoms with Gasteiger partial charge in [-0.05, 0) is 65.3 Å². The molecular formula is C19H28N4O. The number of aliphatic imine (C=N–C) groups is 1. The fourth-order valence-corrected chi connectivity index (χ4v) is 4.13. The number of hydrogen-bond donors (Lipinski definition) is 2. The molecule has 1 aromatic carbocycles. The SMILES string of the molecule is Cc1ccccc1/N=C(\C)[C@]1(N(C)C)CC[C@@]2(CC1)CNC(=O)N2. The Kier molecular flexibility index (Phi) is 4.38. The minimum atomic E-state index is -0.0699. The molecule has 2 aliphatic rings. The van der Waals surface area contributed by atoms with E-state index in [1.807, 2.05) is 12.1 Å². The average molecular weight is 328 g/mol. The summed E-state index contributed by atoms with van der Waals surface area (Å²) >= 11 is 0. The van der Waals surface area contributed by atoms with Gasteiger partial charge in [0.15, 0.2) is 0 Å². The minimum Gasteiger partial charge on any atom is -0.336 e. The van der Waals surface area contributed by atoms with Gasteiger partial charge in [-0.2, -0.15) is 0 Å². The minimum absolute atomic E-state index is 0.0300. The van der Waals surface area contributed by atoms with Gasteiger partial charge >= 0.3 is 6.03 Å². The molecule has 130 valence electrons. The fraction of sp³-hybridized carbons (Fsp3) is 0.579. The highest BCUT2D eigenvalue weighted by atomic mass is 16.2. The van der Waals surface area contributed by atoms with Crippen LogP contribution in [0.15, 0.2) is 29.3 Å². The van der Waals surface area contributed by atoms with Crippen LogP contribution in [0.1, 0.15) is 38.2 Å². The van der Waals surface area contributed by atoms with E-state index in [9.17, 15) is 4.79 Å². The van der Waals surface area contributed by atoms with Gasteiger partial charge in [-0.1, -0.05) is 18.2 Å². The predicted octanol–water partition coefficient (Wildman–Crippen LogP) is 3.01. The lowest BCUT2D eigenvalue weighted by atomic mass is 9.70. The van der Waals surface area contributed by atoms with Gasteiger partial charge in [-0.25, -0.2) is 4.79 Å². The van der Waals surface area contributed by atoms with Gasteiger partial charge in [0.25, 0.3) is 0 Å². The highest BCUT2D eigenvalue weighted by molar-refractivity contribution is 5.94. The number of urea groups is 1. The standard InChI is InChI=1S/C19H28N4O/c1-14-7-5-6-8-16(14)21-15(2)19(23(3)4)11-9-18(10-12-19)13-20-17(24)22-18/h5-8H,9-13H2,1-4H3,(H2,20,22,24)/b21-15+/t18-,19+. The first kappa shape index (κ1) is 17.0. The molecule has 5 nitrogen and oxygen atoms in total. The van der Waals surface area contributed by atoms with Crippen molar-refractivity contribution in [3.05, 3.63) is 29.8 Å². The quantitative estimate of drug-likeness (QED) is 0.838. The zero-order chi connectivity index (χ0) is 17.4. The van der Waals surface area contributed by atoms with Crippen molar-refractivity contribution in [1.29, 1.82) is 0 Å². The maximum atomic E-state index is 11.6. The molecule has 0 radical (unpaired) electrons. The Morgan fingerprint density at radius 2 is 1.83 bits per heavy atom. The summed E-state index contributed by atoms with van der Waals surface area (Å²) < 4.78 is 0. The number of nitrogens with one attached hydrogen (secondary N) is 2. The van der Waals surface area contributed by atoms with Crippen LogP contribution < -0.4 is 10.6 Å². The number of hydrogen-bond acceptors (Lipinski definition) is 3. The van der Waals surface area contributed by atoms with E-state index in [0.29, 0.717) is 0 Å². The molecule has 3 rings (SSSR count). The summed E-state index contributed by atoms with van der Waals surface area (Å²) in [5.41, 5.74) is 3.30. The van der Waals surface area contributed by atoms with Crippen LogP contribution in [0.4, 0.5) is 10.5 Å². The van der Waals surface area contributed by atoms with Crippen LogP contribution in [0.25, 0.3) is 0 Å². The number of carbonyl (C=O) groups is 1. The molecule has 1 spiro atoms. The molecule has 2 amide bonds. The Labute approximate surface area is 144 Å². The van der Waals surface area contributed by atoms with Crippen molar-refractivity contribution in [2.45, 2.75) is 50.6 Å². The molecule has 1 saturated carbocycles. The summed E-state index contributed by atoms with van der Waals surface area (Å²) in [6.45, 7) is 4.99. The molecule has 1 aliphatic heterocycles. The second kappa shape index (κ2) is 6.20. The van der Waals surface area contributed by atoms with E-state index in [1.54, 1.807) is 0 Å². The van der Waals surface area contributed by atoms with Crippen LogP contribution in [0.3, 0.4) is 0 Å². The first-order valence-corrected chi connectivity index (χ1v) is 8.72. The van der Waals surface area contributed by atoms with Crippen LogP contribution in [-0.4, -0.2) is 48.4 Å². The van der Waals surface area contributed by atoms with Crippen molar-refractivity contribution >= 4 is 17.4 Å². The average Bonchev–Trinajstić information content (AvgIpc) is 2.91. The van der Waals surface area contributed by atoms with E-state index in [0.717, 1.165) is 43.6 Å². The van der Waals surface area contributed by atoms with Crippen LogP contribution in [-0.2, 0) is 0 Å². The molecule has 2 N–H and O–H groups in total. The lowest BCUT2D eigenvalue weighted by molar-refractivity contribution is 0.124. The Bertz CT molecular complexity index is 657. The highest BCUT2D eigenvalue weighted by Gasteiger charge is 2.48. The molecule has 2 fully saturated rings. The molecule has 24 heavy (non-hydrogen) atoms. The molecule has 1 saturated heterocycles. The number of carbonyl (C=O) groups excluding carboxylic acids is 1. The van der Waals surface area contributed by atoms with Crippen LogP contribution in [0.2, 0.25) is 0 Å². The Morgan fingerprint density at radius 3 is 2.38 bits per heavy atom. The number of para-hydroxylation sites is 1. The van der Waals surface area contributed by atoms with Gasteiger partial charge < -0.3 is 10.6 Å². The zero-order valence-electron chi connectivity index (χ0n) is 15.1. The van der Waals surface area contributed by atoms with Crippen molar-refractivity contribution in [3.63, 3.8) is 0 Å². The summed E-state index contributed by atoms with van der Waals surface area (Å²) in [7, 11) is 4.28. The van der Waals surface area contributed by atoms with E-state index < -0.39 is 0 Å². The number of aryl methyl sites for hydroxylation is 1. The summed E-state index contributed by atoms with van der Waals surface area (Å²) in [4.78, 5) is 18.9. The second-order valence-electron chi connectivity index (χ2n) is 7.50. The molecular weight excluding hydrogens is 300 g/mol. The smallest absolute Gasteiger partial charge is 0.315 e. The van der Waals surface area contributed by atoms with Gasteiger partial charge in [-0.15, -0.1) is 0 Å². The number of amides is 2. The van der Waals surface area contributed by atoms with E-state index in [1.165, 1.54) is 5.56 Å². The number of nitrogens with zero attached hydrogens (tertiary/aromatic N) is 2. The van der Waals surface area contributed by atoms with Gasteiger partial charge in [0.2, 0.25) is 0 Å². The summed E-state index contributed by atoms with van der Waals surface area (Å²) in [5.74, 6) is 0. The van der Waals surface area contributed by atoms with Gasteiger partial charge in [0.05, 0.1) is 16.8 Å². The molecule has 1 aromatic rings. The maximum absolute atomic E-state index is 11.6. The molecule has 0 atom stereocenters. The van der Waals surface area contributed by atoms with Crippen LogP contribution in [0.5, 0.6) is 0 Å². The second-order valence-corrected chi connectivity index (χ2v) is 7.50. The molecule has 0 aromatic heterocycles. The largest absolute Gasteiger partial charge is 0.336 e. The lowest BCUT2D eigenvalue weighted by Crippen LogP contribution is -2.58. The van der Waals surface area contributed by atoms with E-state index in [2.05, 4.69) is 55.6 Å². The lowest BCUT2D eigenvalue weighted by Gasteiger charge is -2.48. The van der Waals surface area contributed by atoms with Gasteiger partial charge in [0, 0.05) is 12.3 Å². The van der Waals surface area contributed by atoms with Crippen molar-refractivity contribution < 1.29 is 4.79 Å². The highest BCUT2D eigenvalue weighted by Crippen LogP contribution is 2.40. The molecule has 0 unspecified atom stereocenters. The molecule has 1 heterocycles. The van der Waals surface area contributed by atoms with E-state index >= 15 is 0 Å². The first-order chi connectivity index (χ1) is 11.4. The molecule has 5 heteroatoms. The first-order valence-electron chi connectivity index (χ1n) is 8.72. The number of benzene rings is 1. The number of rotatable bonds is 3. The molecule has 1 aliphatic carbocycles. The summed E-state index contributed by atoms with van der Waals surface area (Å²) in [5, 5.41) is 6.05. The predicted molar refractivity (Wildman–Crippen MR) is 98.1 cm³/mol. The van der Waals surface area contributed by atoms with E-state index in [-0.39, 0.29) is 17.1 Å². The Balaban J connectivity index is 1.85. The Hall–Kier alpha value is -1.88. The Morgan fingerprint density at radius 1 is 1.17 bits per heavy atom. The van der Waals surface area contributed by atoms with Crippen molar-refractivity contribution in [2.24, 2.45) is 4.99 Å². The van der Waals surface area contributed by atoms with Crippen molar-refractivity contribution in [3.8, 4) is 0 Å². The third-order valence-electron chi connectivity index (χ3n) is 5.93. The summed E-state index contributed by atoms with van der Waals surface area (Å²) in [6, 6.07) is 8.23. The fourth-order valence-electron chi connectivity index (χ4n) is 4.13. The third-order valence-corrected chi connectivity index (χ3v) is 5.93. The summed E-state index contributed by atoms with van der Waals surface area (Å²) in [6.07, 6.45) is 3.96. The topological polar surface area (TPSA) is 56.7 Å². The van der Waals surface area contributed by atoms with Crippen LogP contribution in [0, 0.1) is 6.92 Å². The van der Waals surface area contributed by atoms with Gasteiger partial charge in [-0.3, -0.25) is 9.89 Å². The third kappa shape index (κ3) is 2.93. The molecule has 0 bridgehead atoms. The van der Waals surface area contributed by atoms with Crippen molar-refractivity contribution in [2.75, 3.05) is 20.6 Å². The van der Waals surface area contributed by atoms with E-state index in [4.69, 9.17) is 4.99 Å². The van der Waals surface area contributed by atoms with Crippen LogP contribution >= 0.6 is 0 Å². The zero-order valence-corrected chi connectivity index (χ0v) is 15.1.